The van der Waals surface area contributed by atoms with E-state index in [0.29, 0.717) is 25.0 Å². The highest BCUT2D eigenvalue weighted by Crippen LogP contribution is 2.29. The summed E-state index contributed by atoms with van der Waals surface area (Å²) in [6.07, 6.45) is 7.90. The molecule has 122 valence electrons. The normalized spacial score (nSPS) is 20.8. The third-order valence-corrected chi connectivity index (χ3v) is 4.53. The Morgan fingerprint density at radius 1 is 1.23 bits per heavy atom. The molecule has 22 heavy (non-hydrogen) atoms. The summed E-state index contributed by atoms with van der Waals surface area (Å²) in [5, 5.41) is 3.26. The van der Waals surface area contributed by atoms with Crippen LogP contribution in [0.3, 0.4) is 0 Å². The molecule has 0 spiro atoms. The molecule has 1 aliphatic rings. The zero-order valence-corrected chi connectivity index (χ0v) is 13.9. The van der Waals surface area contributed by atoms with Crippen LogP contribution in [0.15, 0.2) is 24.3 Å². The second-order valence-corrected chi connectivity index (χ2v) is 6.26. The predicted molar refractivity (Wildman–Crippen MR) is 90.1 cm³/mol. The molecule has 3 heteroatoms. The highest BCUT2D eigenvalue weighted by atomic mass is 16.5. The first-order chi connectivity index (χ1) is 10.7. The van der Waals surface area contributed by atoms with Gasteiger partial charge in [-0.2, -0.15) is 0 Å². The predicted octanol–water partition coefficient (Wildman–Crippen LogP) is 4.10. The summed E-state index contributed by atoms with van der Waals surface area (Å²) in [5.41, 5.74) is 1.05. The van der Waals surface area contributed by atoms with Crippen molar-refractivity contribution in [2.75, 3.05) is 6.61 Å². The van der Waals surface area contributed by atoms with Crippen molar-refractivity contribution >= 4 is 5.91 Å². The molecule has 2 atom stereocenters. The van der Waals surface area contributed by atoms with E-state index in [1.807, 2.05) is 31.2 Å². The number of amides is 1. The standard InChI is InChI=1S/C19H29NO2/c1-3-5-7-16-8-6-9-18(16)20-19(21)14-15-10-12-17(13-11-15)22-4-2/h10-13,16,18H,3-9,14H2,1-2H3,(H,20,21). The fraction of sp³-hybridized carbons (Fsp3) is 0.632. The van der Waals surface area contributed by atoms with Crippen molar-refractivity contribution in [3.63, 3.8) is 0 Å². The van der Waals surface area contributed by atoms with E-state index in [9.17, 15) is 4.79 Å². The summed E-state index contributed by atoms with van der Waals surface area (Å²) in [5.74, 6) is 1.70. The fourth-order valence-corrected chi connectivity index (χ4v) is 3.35. The van der Waals surface area contributed by atoms with Crippen LogP contribution in [0.1, 0.15) is 57.9 Å². The summed E-state index contributed by atoms with van der Waals surface area (Å²) >= 11 is 0. The van der Waals surface area contributed by atoms with Gasteiger partial charge in [0.05, 0.1) is 13.0 Å². The van der Waals surface area contributed by atoms with Gasteiger partial charge in [-0.1, -0.05) is 38.3 Å². The first kappa shape index (κ1) is 16.9. The number of carbonyl (C=O) groups excluding carboxylic acids is 1. The highest BCUT2D eigenvalue weighted by Gasteiger charge is 2.27. The number of benzene rings is 1. The molecular formula is C19H29NO2. The van der Waals surface area contributed by atoms with Crippen molar-refractivity contribution < 1.29 is 9.53 Å². The maximum Gasteiger partial charge on any atom is 0.224 e. The minimum atomic E-state index is 0.151. The highest BCUT2D eigenvalue weighted by molar-refractivity contribution is 5.79. The molecule has 2 rings (SSSR count). The summed E-state index contributed by atoms with van der Waals surface area (Å²) < 4.78 is 5.42. The van der Waals surface area contributed by atoms with Gasteiger partial charge in [0.25, 0.3) is 0 Å². The Kier molecular flexibility index (Phi) is 6.75. The van der Waals surface area contributed by atoms with Crippen molar-refractivity contribution in [2.24, 2.45) is 5.92 Å². The molecule has 2 unspecified atom stereocenters. The van der Waals surface area contributed by atoms with Crippen LogP contribution in [0.25, 0.3) is 0 Å². The minimum absolute atomic E-state index is 0.151. The lowest BCUT2D eigenvalue weighted by Crippen LogP contribution is -2.38. The van der Waals surface area contributed by atoms with E-state index >= 15 is 0 Å². The number of nitrogens with one attached hydrogen (secondary N) is 1. The summed E-state index contributed by atoms with van der Waals surface area (Å²) in [4.78, 5) is 12.3. The third-order valence-electron chi connectivity index (χ3n) is 4.53. The van der Waals surface area contributed by atoms with Crippen molar-refractivity contribution in [3.05, 3.63) is 29.8 Å². The van der Waals surface area contributed by atoms with Crippen LogP contribution in [0.4, 0.5) is 0 Å². The zero-order valence-electron chi connectivity index (χ0n) is 13.9. The van der Waals surface area contributed by atoms with Gasteiger partial charge in [-0.15, -0.1) is 0 Å². The van der Waals surface area contributed by atoms with Gasteiger partial charge in [0, 0.05) is 6.04 Å². The second-order valence-electron chi connectivity index (χ2n) is 6.26. The third kappa shape index (κ3) is 5.04. The molecule has 3 nitrogen and oxygen atoms in total. The Morgan fingerprint density at radius 2 is 2.00 bits per heavy atom. The van der Waals surface area contributed by atoms with Crippen LogP contribution in [-0.4, -0.2) is 18.6 Å². The number of unbranched alkanes of at least 4 members (excludes halogenated alkanes) is 1. The van der Waals surface area contributed by atoms with Gasteiger partial charge in [0.2, 0.25) is 5.91 Å². The summed E-state index contributed by atoms with van der Waals surface area (Å²) in [7, 11) is 0. The van der Waals surface area contributed by atoms with Crippen LogP contribution < -0.4 is 10.1 Å². The molecule has 0 bridgehead atoms. The SMILES string of the molecule is CCCCC1CCCC1NC(=O)Cc1ccc(OCC)cc1. The van der Waals surface area contributed by atoms with E-state index in [1.165, 1.54) is 32.1 Å². The molecular weight excluding hydrogens is 274 g/mol. The molecule has 0 heterocycles. The quantitative estimate of drug-likeness (QED) is 0.785. The first-order valence-electron chi connectivity index (χ1n) is 8.74. The lowest BCUT2D eigenvalue weighted by atomic mass is 9.96. The minimum Gasteiger partial charge on any atom is -0.494 e. The van der Waals surface area contributed by atoms with Gasteiger partial charge >= 0.3 is 0 Å². The number of hydrogen-bond donors (Lipinski definition) is 1. The first-order valence-corrected chi connectivity index (χ1v) is 8.74. The molecule has 0 aromatic heterocycles. The van der Waals surface area contributed by atoms with E-state index in [1.54, 1.807) is 0 Å². The van der Waals surface area contributed by atoms with Crippen LogP contribution >= 0.6 is 0 Å². The lowest BCUT2D eigenvalue weighted by molar-refractivity contribution is -0.121. The van der Waals surface area contributed by atoms with Crippen molar-refractivity contribution in [1.29, 1.82) is 0 Å². The van der Waals surface area contributed by atoms with Gasteiger partial charge in [0.15, 0.2) is 0 Å². The molecule has 1 fully saturated rings. The topological polar surface area (TPSA) is 38.3 Å². The number of hydrogen-bond acceptors (Lipinski definition) is 2. The summed E-state index contributed by atoms with van der Waals surface area (Å²) in [6.45, 7) is 4.87. The van der Waals surface area contributed by atoms with Gasteiger partial charge in [-0.05, 0) is 49.8 Å². The van der Waals surface area contributed by atoms with E-state index in [0.717, 1.165) is 17.7 Å². The van der Waals surface area contributed by atoms with E-state index in [2.05, 4.69) is 12.2 Å². The van der Waals surface area contributed by atoms with Crippen LogP contribution in [0.5, 0.6) is 5.75 Å². The molecule has 0 saturated heterocycles. The maximum absolute atomic E-state index is 12.3. The monoisotopic (exact) mass is 303 g/mol. The van der Waals surface area contributed by atoms with Gasteiger partial charge in [0.1, 0.15) is 5.75 Å². The molecule has 1 aromatic rings. The Bertz CT molecular complexity index is 455. The van der Waals surface area contributed by atoms with Gasteiger partial charge in [-0.3, -0.25) is 4.79 Å². The van der Waals surface area contributed by atoms with Gasteiger partial charge in [-0.25, -0.2) is 0 Å². The number of rotatable bonds is 8. The molecule has 1 saturated carbocycles. The Labute approximate surface area is 134 Å². The van der Waals surface area contributed by atoms with Crippen molar-refractivity contribution in [2.45, 2.75) is 64.8 Å². The lowest BCUT2D eigenvalue weighted by Gasteiger charge is -2.21. The Balaban J connectivity index is 1.81. The van der Waals surface area contributed by atoms with Gasteiger partial charge < -0.3 is 10.1 Å². The van der Waals surface area contributed by atoms with E-state index < -0.39 is 0 Å². The van der Waals surface area contributed by atoms with Crippen LogP contribution in [-0.2, 0) is 11.2 Å². The average molecular weight is 303 g/mol. The molecule has 1 aliphatic carbocycles. The average Bonchev–Trinajstić information content (AvgIpc) is 2.94. The Hall–Kier alpha value is -1.51. The Morgan fingerprint density at radius 3 is 2.68 bits per heavy atom. The smallest absolute Gasteiger partial charge is 0.224 e. The zero-order chi connectivity index (χ0) is 15.8. The maximum atomic E-state index is 12.3. The summed E-state index contributed by atoms with van der Waals surface area (Å²) in [6, 6.07) is 8.22. The number of carbonyl (C=O) groups is 1. The van der Waals surface area contributed by atoms with Crippen molar-refractivity contribution in [3.8, 4) is 5.75 Å². The molecule has 1 aromatic carbocycles. The van der Waals surface area contributed by atoms with Crippen molar-refractivity contribution in [1.82, 2.24) is 5.32 Å². The second kappa shape index (κ2) is 8.82. The van der Waals surface area contributed by atoms with Crippen LogP contribution in [0, 0.1) is 5.92 Å². The van der Waals surface area contributed by atoms with E-state index in [-0.39, 0.29) is 5.91 Å². The van der Waals surface area contributed by atoms with Crippen LogP contribution in [0.2, 0.25) is 0 Å². The molecule has 1 N–H and O–H groups in total. The number of ether oxygens (including phenoxy) is 1. The molecule has 1 amide bonds. The fourth-order valence-electron chi connectivity index (χ4n) is 3.35. The molecule has 0 radical (unpaired) electrons. The molecule has 0 aliphatic heterocycles. The largest absolute Gasteiger partial charge is 0.494 e. The van der Waals surface area contributed by atoms with E-state index in [4.69, 9.17) is 4.74 Å².